The monoisotopic (exact) mass is 492 g/mol. The molecule has 1 aromatic heterocycles. The fraction of sp³-hybridized carbons (Fsp3) is 0.833. The predicted molar refractivity (Wildman–Crippen MR) is 121 cm³/mol. The van der Waals surface area contributed by atoms with E-state index in [2.05, 4.69) is 55.6 Å². The molecule has 1 unspecified atom stereocenters. The molecule has 0 aromatic carbocycles. The van der Waals surface area contributed by atoms with Crippen molar-refractivity contribution in [1.82, 2.24) is 25.0 Å². The van der Waals surface area contributed by atoms with Gasteiger partial charge in [-0.05, 0) is 18.8 Å². The molecule has 3 heterocycles. The van der Waals surface area contributed by atoms with E-state index in [1.165, 1.54) is 30.8 Å². The number of hydrogen-bond donors (Lipinski definition) is 1. The molecule has 0 spiro atoms. The molecule has 1 atom stereocenters. The molecule has 1 fully saturated rings. The Balaban J connectivity index is 0.00000243. The summed E-state index contributed by atoms with van der Waals surface area (Å²) in [5.41, 5.74) is 0. The number of guanidine groups is 1. The Bertz CT molecular complexity index is 588. The van der Waals surface area contributed by atoms with Crippen LogP contribution in [0, 0.1) is 5.92 Å². The Morgan fingerprint density at radius 3 is 2.88 bits per heavy atom. The van der Waals surface area contributed by atoms with E-state index in [-0.39, 0.29) is 24.0 Å². The first-order chi connectivity index (χ1) is 12.2. The van der Waals surface area contributed by atoms with Gasteiger partial charge < -0.3 is 14.8 Å². The highest BCUT2D eigenvalue weighted by Gasteiger charge is 2.24. The van der Waals surface area contributed by atoms with Crippen molar-refractivity contribution in [2.75, 3.05) is 32.4 Å². The second-order valence-corrected chi connectivity index (χ2v) is 8.67. The van der Waals surface area contributed by atoms with Crippen LogP contribution < -0.4 is 5.32 Å². The van der Waals surface area contributed by atoms with E-state index in [0.717, 1.165) is 50.8 Å². The molecule has 1 aromatic rings. The lowest BCUT2D eigenvalue weighted by Crippen LogP contribution is -2.49. The Hall–Kier alpha value is -0.510. The maximum absolute atomic E-state index is 4.51. The van der Waals surface area contributed by atoms with E-state index >= 15 is 0 Å². The van der Waals surface area contributed by atoms with Crippen LogP contribution in [0.4, 0.5) is 0 Å². The van der Waals surface area contributed by atoms with Gasteiger partial charge in [-0.1, -0.05) is 20.3 Å². The van der Waals surface area contributed by atoms with Gasteiger partial charge in [-0.15, -0.1) is 34.2 Å². The van der Waals surface area contributed by atoms with Gasteiger partial charge in [0.25, 0.3) is 0 Å². The Morgan fingerprint density at radius 1 is 1.27 bits per heavy atom. The van der Waals surface area contributed by atoms with Crippen LogP contribution in [0.25, 0.3) is 0 Å². The quantitative estimate of drug-likeness (QED) is 0.398. The Kier molecular flexibility index (Phi) is 8.99. The van der Waals surface area contributed by atoms with Crippen molar-refractivity contribution in [1.29, 1.82) is 0 Å². The number of aromatic nitrogens is 3. The summed E-state index contributed by atoms with van der Waals surface area (Å²) < 4.78 is 2.34. The van der Waals surface area contributed by atoms with Crippen molar-refractivity contribution in [3.05, 3.63) is 11.6 Å². The molecule has 3 rings (SSSR count). The van der Waals surface area contributed by atoms with Gasteiger partial charge in [0, 0.05) is 57.1 Å². The fourth-order valence-electron chi connectivity index (χ4n) is 3.62. The second-order valence-electron chi connectivity index (χ2n) is 7.32. The summed E-state index contributed by atoms with van der Waals surface area (Å²) in [5, 5.41) is 13.1. The molecule has 148 valence electrons. The largest absolute Gasteiger partial charge is 0.356 e. The fourth-order valence-corrected chi connectivity index (χ4v) is 4.92. The van der Waals surface area contributed by atoms with E-state index in [4.69, 9.17) is 0 Å². The molecule has 0 bridgehead atoms. The van der Waals surface area contributed by atoms with Crippen LogP contribution in [0.15, 0.2) is 4.99 Å². The minimum absolute atomic E-state index is 0. The molecule has 0 aliphatic carbocycles. The van der Waals surface area contributed by atoms with Crippen LogP contribution in [0.5, 0.6) is 0 Å². The van der Waals surface area contributed by atoms with E-state index in [1.54, 1.807) is 0 Å². The van der Waals surface area contributed by atoms with Crippen LogP contribution in [0.2, 0.25) is 0 Å². The summed E-state index contributed by atoms with van der Waals surface area (Å²) in [4.78, 5) is 6.91. The zero-order valence-corrected chi connectivity index (χ0v) is 19.4. The molecule has 2 aliphatic heterocycles. The molecular formula is C18H33IN6S. The number of halogens is 1. The number of aryl methyl sites for hydroxylation is 1. The van der Waals surface area contributed by atoms with Gasteiger partial charge in [0.05, 0.1) is 0 Å². The highest BCUT2D eigenvalue weighted by atomic mass is 127. The van der Waals surface area contributed by atoms with Crippen molar-refractivity contribution in [3.8, 4) is 0 Å². The molecule has 2 aliphatic rings. The first kappa shape index (κ1) is 21.8. The van der Waals surface area contributed by atoms with Crippen LogP contribution in [0.1, 0.15) is 44.8 Å². The summed E-state index contributed by atoms with van der Waals surface area (Å²) in [6, 6.07) is 0. The van der Waals surface area contributed by atoms with Crippen LogP contribution in [0.3, 0.4) is 0 Å². The zero-order chi connectivity index (χ0) is 17.6. The number of nitrogens with zero attached hydrogens (tertiary/aromatic N) is 5. The predicted octanol–water partition coefficient (Wildman–Crippen LogP) is 2.81. The topological polar surface area (TPSA) is 58.3 Å². The SMILES string of the molecule is CN=C(NCCc1nnc2n1CCCCC2)N1CCSC(C(C)C)C1.I. The van der Waals surface area contributed by atoms with E-state index in [1.807, 2.05) is 7.05 Å². The lowest BCUT2D eigenvalue weighted by Gasteiger charge is -2.36. The third kappa shape index (κ3) is 5.50. The van der Waals surface area contributed by atoms with Crippen molar-refractivity contribution >= 4 is 41.7 Å². The highest BCUT2D eigenvalue weighted by Crippen LogP contribution is 2.24. The molecule has 0 radical (unpaired) electrons. The van der Waals surface area contributed by atoms with Gasteiger partial charge >= 0.3 is 0 Å². The zero-order valence-electron chi connectivity index (χ0n) is 16.3. The van der Waals surface area contributed by atoms with Gasteiger partial charge in [-0.3, -0.25) is 4.99 Å². The first-order valence-corrected chi connectivity index (χ1v) is 10.7. The first-order valence-electron chi connectivity index (χ1n) is 9.67. The number of nitrogens with one attached hydrogen (secondary N) is 1. The van der Waals surface area contributed by atoms with E-state index in [0.29, 0.717) is 11.2 Å². The average molecular weight is 492 g/mol. The Morgan fingerprint density at radius 2 is 2.12 bits per heavy atom. The smallest absolute Gasteiger partial charge is 0.193 e. The summed E-state index contributed by atoms with van der Waals surface area (Å²) in [5.74, 6) is 5.21. The minimum Gasteiger partial charge on any atom is -0.356 e. The lowest BCUT2D eigenvalue weighted by atomic mass is 10.1. The van der Waals surface area contributed by atoms with Crippen LogP contribution in [-0.4, -0.2) is 63.3 Å². The lowest BCUT2D eigenvalue weighted by molar-refractivity contribution is 0.381. The van der Waals surface area contributed by atoms with Crippen molar-refractivity contribution < 1.29 is 0 Å². The summed E-state index contributed by atoms with van der Waals surface area (Å²) in [7, 11) is 1.89. The number of aliphatic imine (C=N–C) groups is 1. The van der Waals surface area contributed by atoms with Crippen LogP contribution in [-0.2, 0) is 19.4 Å². The molecule has 8 heteroatoms. The van der Waals surface area contributed by atoms with Gasteiger partial charge in [0.15, 0.2) is 5.96 Å². The maximum Gasteiger partial charge on any atom is 0.193 e. The molecular weight excluding hydrogens is 459 g/mol. The minimum atomic E-state index is 0. The van der Waals surface area contributed by atoms with Gasteiger partial charge in [-0.2, -0.15) is 11.8 Å². The van der Waals surface area contributed by atoms with Gasteiger partial charge in [0.1, 0.15) is 11.6 Å². The van der Waals surface area contributed by atoms with Crippen molar-refractivity contribution in [3.63, 3.8) is 0 Å². The van der Waals surface area contributed by atoms with Crippen molar-refractivity contribution in [2.45, 2.75) is 57.7 Å². The number of hydrogen-bond acceptors (Lipinski definition) is 4. The molecule has 0 amide bonds. The maximum atomic E-state index is 4.51. The molecule has 0 saturated carbocycles. The van der Waals surface area contributed by atoms with Gasteiger partial charge in [-0.25, -0.2) is 0 Å². The molecule has 1 N–H and O–H groups in total. The average Bonchev–Trinajstić information content (AvgIpc) is 2.85. The van der Waals surface area contributed by atoms with E-state index in [9.17, 15) is 0 Å². The number of fused-ring (bicyclic) bond motifs is 1. The van der Waals surface area contributed by atoms with Crippen molar-refractivity contribution in [2.24, 2.45) is 10.9 Å². The van der Waals surface area contributed by atoms with E-state index < -0.39 is 0 Å². The molecule has 6 nitrogen and oxygen atoms in total. The van der Waals surface area contributed by atoms with Gasteiger partial charge in [0.2, 0.25) is 0 Å². The summed E-state index contributed by atoms with van der Waals surface area (Å²) >= 11 is 2.10. The highest BCUT2D eigenvalue weighted by molar-refractivity contribution is 14.0. The standard InChI is InChI=1S/C18H32N6S.HI/c1-14(2)15-13-23(11-12-25-15)18(19-3)20-9-8-17-22-21-16-7-5-4-6-10-24(16)17;/h14-15H,4-13H2,1-3H3,(H,19,20);1H. The molecule has 26 heavy (non-hydrogen) atoms. The normalized spacial score (nSPS) is 21.2. The third-order valence-corrected chi connectivity index (χ3v) is 6.71. The third-order valence-electron chi connectivity index (χ3n) is 5.17. The Labute approximate surface area is 179 Å². The molecule has 1 saturated heterocycles. The number of rotatable bonds is 4. The summed E-state index contributed by atoms with van der Waals surface area (Å²) in [6.45, 7) is 8.73. The second kappa shape index (κ2) is 10.7. The summed E-state index contributed by atoms with van der Waals surface area (Å²) in [6.07, 6.45) is 5.77. The van der Waals surface area contributed by atoms with Crippen LogP contribution >= 0.6 is 35.7 Å². The number of thioether (sulfide) groups is 1.